The SMILES string of the molecule is Cc1[nH]cnc1C(CC(=O)O)B1OC(C)(C)C(C)(C)O1. The van der Waals surface area contributed by atoms with Crippen molar-refractivity contribution in [2.24, 2.45) is 0 Å². The first-order valence-corrected chi connectivity index (χ1v) is 6.71. The summed E-state index contributed by atoms with van der Waals surface area (Å²) < 4.78 is 11.9. The Hall–Kier alpha value is -1.34. The van der Waals surface area contributed by atoms with E-state index in [4.69, 9.17) is 14.4 Å². The lowest BCUT2D eigenvalue weighted by Crippen LogP contribution is -2.41. The lowest BCUT2D eigenvalue weighted by molar-refractivity contribution is -0.137. The molecule has 2 rings (SSSR count). The van der Waals surface area contributed by atoms with E-state index < -0.39 is 30.1 Å². The zero-order chi connectivity index (χ0) is 15.1. The number of hydrogen-bond acceptors (Lipinski definition) is 4. The van der Waals surface area contributed by atoms with Crippen LogP contribution in [0.2, 0.25) is 0 Å². The summed E-state index contributed by atoms with van der Waals surface area (Å²) in [7, 11) is -0.613. The number of H-pyrrole nitrogens is 1. The molecule has 0 radical (unpaired) electrons. The van der Waals surface area contributed by atoms with E-state index >= 15 is 0 Å². The van der Waals surface area contributed by atoms with E-state index in [2.05, 4.69) is 9.97 Å². The smallest absolute Gasteiger partial charge is 0.468 e. The first-order valence-electron chi connectivity index (χ1n) is 6.71. The van der Waals surface area contributed by atoms with Crippen molar-refractivity contribution in [3.63, 3.8) is 0 Å². The van der Waals surface area contributed by atoms with Crippen LogP contribution in [0.1, 0.15) is 51.3 Å². The van der Waals surface area contributed by atoms with Gasteiger partial charge in [0.15, 0.2) is 0 Å². The molecule has 1 aliphatic rings. The highest BCUT2D eigenvalue weighted by atomic mass is 16.7. The molecule has 0 bridgehead atoms. The summed E-state index contributed by atoms with van der Waals surface area (Å²) in [5.41, 5.74) is 0.550. The van der Waals surface area contributed by atoms with E-state index in [1.807, 2.05) is 34.6 Å². The van der Waals surface area contributed by atoms with E-state index in [1.54, 1.807) is 6.33 Å². The van der Waals surface area contributed by atoms with Gasteiger partial charge in [-0.1, -0.05) is 0 Å². The molecule has 0 spiro atoms. The third-order valence-corrected chi connectivity index (χ3v) is 4.21. The summed E-state index contributed by atoms with van der Waals surface area (Å²) in [5, 5.41) is 9.15. The summed E-state index contributed by atoms with van der Waals surface area (Å²) in [6.45, 7) is 9.65. The number of aromatic nitrogens is 2. The van der Waals surface area contributed by atoms with Gasteiger partial charge in [0.2, 0.25) is 0 Å². The summed E-state index contributed by atoms with van der Waals surface area (Å²) in [6, 6.07) is 0. The topological polar surface area (TPSA) is 84.4 Å². The Morgan fingerprint density at radius 2 is 1.95 bits per heavy atom. The first-order chi connectivity index (χ1) is 9.14. The third kappa shape index (κ3) is 2.60. The van der Waals surface area contributed by atoms with Gasteiger partial charge in [0.1, 0.15) is 0 Å². The normalized spacial score (nSPS) is 21.9. The predicted molar refractivity (Wildman–Crippen MR) is 74.4 cm³/mol. The zero-order valence-corrected chi connectivity index (χ0v) is 12.6. The second-order valence-corrected chi connectivity index (χ2v) is 6.24. The molecule has 0 saturated carbocycles. The van der Waals surface area contributed by atoms with Crippen molar-refractivity contribution >= 4 is 13.1 Å². The van der Waals surface area contributed by atoms with E-state index in [0.717, 1.165) is 5.69 Å². The number of carboxylic acid groups (broad SMARTS) is 1. The Morgan fingerprint density at radius 1 is 1.40 bits per heavy atom. The van der Waals surface area contributed by atoms with Gasteiger partial charge in [-0.05, 0) is 34.6 Å². The van der Waals surface area contributed by atoms with Crippen LogP contribution in [0.4, 0.5) is 0 Å². The molecule has 1 atom stereocenters. The van der Waals surface area contributed by atoms with Gasteiger partial charge in [-0.2, -0.15) is 0 Å². The van der Waals surface area contributed by atoms with Gasteiger partial charge in [0.05, 0.1) is 29.6 Å². The number of nitrogens with zero attached hydrogens (tertiary/aromatic N) is 1. The maximum Gasteiger partial charge on any atom is 0.468 e. The van der Waals surface area contributed by atoms with E-state index in [9.17, 15) is 4.79 Å². The van der Waals surface area contributed by atoms with Crippen molar-refractivity contribution in [2.75, 3.05) is 0 Å². The largest absolute Gasteiger partial charge is 0.481 e. The molecule has 20 heavy (non-hydrogen) atoms. The number of nitrogens with one attached hydrogen (secondary N) is 1. The van der Waals surface area contributed by atoms with Crippen molar-refractivity contribution in [1.82, 2.24) is 9.97 Å². The Labute approximate surface area is 119 Å². The predicted octanol–water partition coefficient (Wildman–Crippen LogP) is 1.91. The number of imidazole rings is 1. The molecule has 0 amide bonds. The van der Waals surface area contributed by atoms with E-state index in [1.165, 1.54) is 0 Å². The van der Waals surface area contributed by atoms with Crippen molar-refractivity contribution in [1.29, 1.82) is 0 Å². The summed E-state index contributed by atoms with van der Waals surface area (Å²) in [5.74, 6) is -1.33. The van der Waals surface area contributed by atoms with Gasteiger partial charge >= 0.3 is 13.1 Å². The molecule has 1 saturated heterocycles. The number of rotatable bonds is 4. The number of aromatic amines is 1. The van der Waals surface area contributed by atoms with Gasteiger partial charge in [-0.25, -0.2) is 4.98 Å². The Morgan fingerprint density at radius 3 is 2.35 bits per heavy atom. The van der Waals surface area contributed by atoms with Gasteiger partial charge in [0.25, 0.3) is 0 Å². The molecule has 1 aromatic heterocycles. The quantitative estimate of drug-likeness (QED) is 0.823. The Kier molecular flexibility index (Phi) is 3.68. The molecule has 0 aromatic carbocycles. The van der Waals surface area contributed by atoms with Crippen LogP contribution in [0.3, 0.4) is 0 Å². The highest BCUT2D eigenvalue weighted by Crippen LogP contribution is 2.41. The third-order valence-electron chi connectivity index (χ3n) is 4.21. The minimum absolute atomic E-state index is 0.0808. The van der Waals surface area contributed by atoms with Crippen molar-refractivity contribution in [2.45, 2.75) is 58.1 Å². The number of carbonyl (C=O) groups is 1. The highest BCUT2D eigenvalue weighted by molar-refractivity contribution is 6.48. The van der Waals surface area contributed by atoms with Crippen LogP contribution in [0.15, 0.2) is 6.33 Å². The molecular formula is C13H21BN2O4. The maximum absolute atomic E-state index is 11.1. The van der Waals surface area contributed by atoms with Crippen molar-refractivity contribution in [3.8, 4) is 0 Å². The van der Waals surface area contributed by atoms with Crippen LogP contribution < -0.4 is 0 Å². The minimum atomic E-state index is -0.896. The fourth-order valence-corrected chi connectivity index (χ4v) is 2.31. The summed E-state index contributed by atoms with van der Waals surface area (Å²) in [6.07, 6.45) is 1.48. The standard InChI is InChI=1S/C13H21BN2O4/c1-8-11(16-7-15-8)9(6-10(17)18)14-19-12(2,3)13(4,5)20-14/h7,9H,6H2,1-5H3,(H,15,16)(H,17,18). The average Bonchev–Trinajstić information content (AvgIpc) is 2.78. The van der Waals surface area contributed by atoms with Crippen molar-refractivity contribution in [3.05, 3.63) is 17.7 Å². The summed E-state index contributed by atoms with van der Waals surface area (Å²) >= 11 is 0. The maximum atomic E-state index is 11.1. The van der Waals surface area contributed by atoms with Crippen LogP contribution in [-0.2, 0) is 14.1 Å². The molecule has 0 aliphatic carbocycles. The molecule has 7 heteroatoms. The number of aliphatic carboxylic acids is 1. The molecule has 1 aliphatic heterocycles. The van der Waals surface area contributed by atoms with Gasteiger partial charge in [-0.15, -0.1) is 0 Å². The van der Waals surface area contributed by atoms with Crippen LogP contribution in [0.5, 0.6) is 0 Å². The van der Waals surface area contributed by atoms with Gasteiger partial charge in [0, 0.05) is 11.5 Å². The zero-order valence-electron chi connectivity index (χ0n) is 12.6. The second-order valence-electron chi connectivity index (χ2n) is 6.24. The second kappa shape index (κ2) is 4.89. The molecular weight excluding hydrogens is 259 g/mol. The van der Waals surface area contributed by atoms with Crippen LogP contribution in [0, 0.1) is 6.92 Å². The lowest BCUT2D eigenvalue weighted by Gasteiger charge is -2.32. The van der Waals surface area contributed by atoms with Gasteiger partial charge in [-0.3, -0.25) is 4.79 Å². The Balaban J connectivity index is 2.30. The molecule has 1 aromatic rings. The lowest BCUT2D eigenvalue weighted by atomic mass is 9.67. The molecule has 110 valence electrons. The molecule has 6 nitrogen and oxygen atoms in total. The Bertz CT molecular complexity index is 496. The first kappa shape index (κ1) is 15.1. The van der Waals surface area contributed by atoms with E-state index in [-0.39, 0.29) is 6.42 Å². The molecule has 1 unspecified atom stereocenters. The fraction of sp³-hybridized carbons (Fsp3) is 0.692. The minimum Gasteiger partial charge on any atom is -0.481 e. The van der Waals surface area contributed by atoms with Crippen LogP contribution in [0.25, 0.3) is 0 Å². The molecule has 2 heterocycles. The number of hydrogen-bond donors (Lipinski definition) is 2. The molecule has 1 fully saturated rings. The van der Waals surface area contributed by atoms with E-state index in [0.29, 0.717) is 5.69 Å². The average molecular weight is 280 g/mol. The molecule has 2 N–H and O–H groups in total. The fourth-order valence-electron chi connectivity index (χ4n) is 2.31. The number of aryl methyl sites for hydroxylation is 1. The van der Waals surface area contributed by atoms with Gasteiger partial charge < -0.3 is 19.4 Å². The van der Waals surface area contributed by atoms with Crippen molar-refractivity contribution < 1.29 is 19.2 Å². The monoisotopic (exact) mass is 280 g/mol. The highest BCUT2D eigenvalue weighted by Gasteiger charge is 2.54. The summed E-state index contributed by atoms with van der Waals surface area (Å²) in [4.78, 5) is 18.3. The van der Waals surface area contributed by atoms with Crippen LogP contribution >= 0.6 is 0 Å². The van der Waals surface area contributed by atoms with Crippen LogP contribution in [-0.4, -0.2) is 39.4 Å². The number of carboxylic acids is 1.